The number of aromatic nitrogens is 5. The quantitative estimate of drug-likeness (QED) is 0.210. The highest BCUT2D eigenvalue weighted by Gasteiger charge is 2.15. The van der Waals surface area contributed by atoms with E-state index in [1.54, 1.807) is 0 Å². The minimum atomic E-state index is -0.214. The molecule has 0 amide bonds. The molecule has 3 aromatic heterocycles. The van der Waals surface area contributed by atoms with Crippen LogP contribution in [0.2, 0.25) is 0 Å². The van der Waals surface area contributed by atoms with Gasteiger partial charge < -0.3 is 9.47 Å². The fourth-order valence-corrected chi connectivity index (χ4v) is 5.28. The van der Waals surface area contributed by atoms with E-state index in [0.717, 1.165) is 52.4 Å². The monoisotopic (exact) mass is 563 g/mol. The van der Waals surface area contributed by atoms with Gasteiger partial charge in [-0.3, -0.25) is 4.79 Å². The van der Waals surface area contributed by atoms with E-state index in [1.165, 1.54) is 15.9 Å². The van der Waals surface area contributed by atoms with Gasteiger partial charge in [0, 0.05) is 22.9 Å². The molecule has 3 heterocycles. The van der Waals surface area contributed by atoms with Gasteiger partial charge in [-0.2, -0.15) is 14.6 Å². The summed E-state index contributed by atoms with van der Waals surface area (Å²) in [7, 11) is 0. The van der Waals surface area contributed by atoms with Crippen LogP contribution in [0.4, 0.5) is 0 Å². The van der Waals surface area contributed by atoms with Crippen molar-refractivity contribution in [1.82, 2.24) is 24.4 Å². The Morgan fingerprint density at radius 2 is 1.44 bits per heavy atom. The Labute approximate surface area is 241 Å². The summed E-state index contributed by atoms with van der Waals surface area (Å²) in [4.78, 5) is 18.6. The van der Waals surface area contributed by atoms with E-state index in [0.29, 0.717) is 28.5 Å². The highest BCUT2D eigenvalue weighted by atomic mass is 32.1. The zero-order valence-electron chi connectivity index (χ0n) is 22.9. The number of rotatable bonds is 10. The molecule has 0 aliphatic rings. The predicted octanol–water partition coefficient (Wildman–Crippen LogP) is 5.80. The van der Waals surface area contributed by atoms with Crippen LogP contribution in [0.1, 0.15) is 32.3 Å². The fraction of sp³-hybridized carbons (Fsp3) is 0.188. The number of thiazole rings is 1. The first-order chi connectivity index (χ1) is 20.1. The van der Waals surface area contributed by atoms with Crippen molar-refractivity contribution < 1.29 is 9.47 Å². The summed E-state index contributed by atoms with van der Waals surface area (Å²) in [5, 5.41) is 9.40. The summed E-state index contributed by atoms with van der Waals surface area (Å²) in [6.45, 7) is 5.49. The molecule has 0 spiro atoms. The van der Waals surface area contributed by atoms with Crippen LogP contribution in [0.25, 0.3) is 39.4 Å². The van der Waals surface area contributed by atoms with Crippen molar-refractivity contribution in [2.24, 2.45) is 0 Å². The molecule has 3 aromatic carbocycles. The van der Waals surface area contributed by atoms with Crippen LogP contribution in [-0.4, -0.2) is 37.6 Å². The van der Waals surface area contributed by atoms with Crippen molar-refractivity contribution in [2.75, 3.05) is 13.2 Å². The topological polar surface area (TPSA) is 83.5 Å². The van der Waals surface area contributed by atoms with E-state index in [9.17, 15) is 4.79 Å². The van der Waals surface area contributed by atoms with E-state index < -0.39 is 0 Å². The zero-order chi connectivity index (χ0) is 28.2. The average Bonchev–Trinajstić information content (AvgIpc) is 3.71. The van der Waals surface area contributed by atoms with Crippen LogP contribution < -0.4 is 19.6 Å². The standard InChI is InChI=1S/C32H29N5O3S/c1-3-18-39-26-14-10-22(11-15-26)29-24(21-36(34-29)25-8-6-5-7-9-25)20-28-31(38)37-32(41-28)33-30(35-37)23-12-16-27(17-13-23)40-19-4-2/h5-17,20-21H,3-4,18-19H2,1-2H3. The maximum Gasteiger partial charge on any atom is 0.291 e. The van der Waals surface area contributed by atoms with Gasteiger partial charge in [-0.1, -0.05) is 43.4 Å². The molecule has 0 saturated carbocycles. The van der Waals surface area contributed by atoms with Gasteiger partial charge >= 0.3 is 0 Å². The molecule has 6 rings (SSSR count). The maximum atomic E-state index is 13.4. The SMILES string of the molecule is CCCOc1ccc(-c2nc3sc(=Cc4cn(-c5ccccc5)nc4-c4ccc(OCCC)cc4)c(=O)n3n2)cc1. The van der Waals surface area contributed by atoms with E-state index in [1.807, 2.05) is 95.8 Å². The van der Waals surface area contributed by atoms with Crippen LogP contribution in [0.15, 0.2) is 89.9 Å². The van der Waals surface area contributed by atoms with E-state index >= 15 is 0 Å². The lowest BCUT2D eigenvalue weighted by Crippen LogP contribution is -2.23. The normalized spacial score (nSPS) is 11.8. The Balaban J connectivity index is 1.37. The summed E-state index contributed by atoms with van der Waals surface area (Å²) >= 11 is 1.31. The second-order valence-corrected chi connectivity index (χ2v) is 10.5. The smallest absolute Gasteiger partial charge is 0.291 e. The van der Waals surface area contributed by atoms with E-state index in [-0.39, 0.29) is 5.56 Å². The van der Waals surface area contributed by atoms with Crippen LogP contribution in [-0.2, 0) is 0 Å². The molecular weight excluding hydrogens is 534 g/mol. The van der Waals surface area contributed by atoms with Gasteiger partial charge in [0.25, 0.3) is 5.56 Å². The Kier molecular flexibility index (Phi) is 7.60. The first kappa shape index (κ1) is 26.5. The summed E-state index contributed by atoms with van der Waals surface area (Å²) < 4.78 is 15.1. The van der Waals surface area contributed by atoms with Gasteiger partial charge in [0.2, 0.25) is 4.96 Å². The molecule has 0 fully saturated rings. The molecule has 0 aliphatic carbocycles. The molecule has 206 valence electrons. The number of fused-ring (bicyclic) bond motifs is 1. The van der Waals surface area contributed by atoms with Crippen molar-refractivity contribution in [2.45, 2.75) is 26.7 Å². The number of hydrogen-bond donors (Lipinski definition) is 0. The molecule has 41 heavy (non-hydrogen) atoms. The van der Waals surface area contributed by atoms with Crippen LogP contribution >= 0.6 is 11.3 Å². The van der Waals surface area contributed by atoms with Gasteiger partial charge in [-0.15, -0.1) is 5.10 Å². The molecule has 0 unspecified atom stereocenters. The van der Waals surface area contributed by atoms with E-state index in [4.69, 9.17) is 14.6 Å². The number of ether oxygens (including phenoxy) is 2. The van der Waals surface area contributed by atoms with Gasteiger partial charge in [-0.05, 0) is 79.6 Å². The Hall–Kier alpha value is -4.76. The van der Waals surface area contributed by atoms with Crippen molar-refractivity contribution >= 4 is 22.4 Å². The van der Waals surface area contributed by atoms with Crippen molar-refractivity contribution in [3.05, 3.63) is 106 Å². The molecule has 6 aromatic rings. The largest absolute Gasteiger partial charge is 0.494 e. The summed E-state index contributed by atoms with van der Waals surface area (Å²) in [6.07, 6.45) is 5.70. The second-order valence-electron chi connectivity index (χ2n) is 9.50. The van der Waals surface area contributed by atoms with Gasteiger partial charge in [0.1, 0.15) is 17.2 Å². The van der Waals surface area contributed by atoms with Gasteiger partial charge in [0.05, 0.1) is 23.4 Å². The first-order valence-electron chi connectivity index (χ1n) is 13.7. The highest BCUT2D eigenvalue weighted by Crippen LogP contribution is 2.27. The summed E-state index contributed by atoms with van der Waals surface area (Å²) in [6, 6.07) is 25.4. The van der Waals surface area contributed by atoms with E-state index in [2.05, 4.69) is 23.9 Å². The second kappa shape index (κ2) is 11.8. The third-order valence-corrected chi connectivity index (χ3v) is 7.38. The third kappa shape index (κ3) is 5.62. The molecule has 0 saturated heterocycles. The molecule has 0 aliphatic heterocycles. The van der Waals surface area contributed by atoms with Gasteiger partial charge in [0.15, 0.2) is 5.82 Å². The minimum absolute atomic E-state index is 0.214. The van der Waals surface area contributed by atoms with Gasteiger partial charge in [-0.25, -0.2) is 4.68 Å². The molecule has 9 heteroatoms. The fourth-order valence-electron chi connectivity index (χ4n) is 4.38. The number of para-hydroxylation sites is 1. The Morgan fingerprint density at radius 3 is 2.05 bits per heavy atom. The molecular formula is C32H29N5O3S. The number of benzene rings is 3. The minimum Gasteiger partial charge on any atom is -0.494 e. The molecule has 0 atom stereocenters. The van der Waals surface area contributed by atoms with Crippen LogP contribution in [0.3, 0.4) is 0 Å². The highest BCUT2D eigenvalue weighted by molar-refractivity contribution is 7.15. The lowest BCUT2D eigenvalue weighted by atomic mass is 10.1. The van der Waals surface area contributed by atoms with Crippen LogP contribution in [0.5, 0.6) is 11.5 Å². The average molecular weight is 564 g/mol. The Bertz CT molecular complexity index is 1870. The van der Waals surface area contributed by atoms with Crippen LogP contribution in [0, 0.1) is 0 Å². The lowest BCUT2D eigenvalue weighted by Gasteiger charge is -2.05. The third-order valence-electron chi connectivity index (χ3n) is 6.42. The lowest BCUT2D eigenvalue weighted by molar-refractivity contribution is 0.317. The molecule has 0 bridgehead atoms. The van der Waals surface area contributed by atoms with Crippen molar-refractivity contribution in [3.63, 3.8) is 0 Å². The maximum absolute atomic E-state index is 13.4. The summed E-state index contributed by atoms with van der Waals surface area (Å²) in [5.41, 5.74) is 4.05. The Morgan fingerprint density at radius 1 is 0.805 bits per heavy atom. The first-order valence-corrected chi connectivity index (χ1v) is 14.5. The molecule has 8 nitrogen and oxygen atoms in total. The van der Waals surface area contributed by atoms with Crippen molar-refractivity contribution in [3.8, 4) is 39.8 Å². The molecule has 0 N–H and O–H groups in total. The number of nitrogens with zero attached hydrogens (tertiary/aromatic N) is 5. The molecule has 0 radical (unpaired) electrons. The van der Waals surface area contributed by atoms with Crippen molar-refractivity contribution in [1.29, 1.82) is 0 Å². The summed E-state index contributed by atoms with van der Waals surface area (Å²) in [5.74, 6) is 2.12. The zero-order valence-corrected chi connectivity index (χ0v) is 23.7. The predicted molar refractivity (Wildman–Crippen MR) is 162 cm³/mol. The number of hydrogen-bond acceptors (Lipinski definition) is 7.